The van der Waals surface area contributed by atoms with Crippen LogP contribution in [-0.4, -0.2) is 17.8 Å². The Labute approximate surface area is 132 Å². The first-order valence-corrected chi connectivity index (χ1v) is 9.74. The van der Waals surface area contributed by atoms with Crippen molar-refractivity contribution in [3.63, 3.8) is 0 Å². The second-order valence-corrected chi connectivity index (χ2v) is 7.45. The van der Waals surface area contributed by atoms with Crippen LogP contribution < -0.4 is 5.32 Å². The Morgan fingerprint density at radius 2 is 1.60 bits per heavy atom. The second-order valence-electron chi connectivity index (χ2n) is 6.81. The van der Waals surface area contributed by atoms with E-state index in [0.717, 1.165) is 36.6 Å². The molecule has 2 rings (SSSR count). The van der Waals surface area contributed by atoms with Crippen molar-refractivity contribution in [2.24, 2.45) is 17.8 Å². The molecule has 0 aromatic heterocycles. The zero-order chi connectivity index (χ0) is 14.2. The summed E-state index contributed by atoms with van der Waals surface area (Å²) in [4.78, 5) is 12.0. The van der Waals surface area contributed by atoms with Crippen LogP contribution in [0.3, 0.4) is 0 Å². The zero-order valence-electron chi connectivity index (χ0n) is 12.7. The van der Waals surface area contributed by atoms with Crippen molar-refractivity contribution in [2.45, 2.75) is 70.6 Å². The maximum Gasteiger partial charge on any atom is 0.220 e. The molecule has 2 aliphatic rings. The van der Waals surface area contributed by atoms with E-state index in [1.165, 1.54) is 57.8 Å². The van der Waals surface area contributed by atoms with Crippen molar-refractivity contribution in [1.82, 2.24) is 5.32 Å². The first kappa shape index (κ1) is 16.3. The molecule has 0 aliphatic heterocycles. The Morgan fingerprint density at radius 3 is 2.30 bits per heavy atom. The van der Waals surface area contributed by atoms with Crippen molar-refractivity contribution in [3.8, 4) is 0 Å². The fourth-order valence-electron chi connectivity index (χ4n) is 3.90. The molecule has 2 aliphatic carbocycles. The van der Waals surface area contributed by atoms with E-state index < -0.39 is 0 Å². The highest BCUT2D eigenvalue weighted by Gasteiger charge is 2.24. The molecule has 0 spiro atoms. The van der Waals surface area contributed by atoms with E-state index in [1.54, 1.807) is 0 Å². The monoisotopic (exact) mass is 343 g/mol. The Kier molecular flexibility index (Phi) is 7.40. The number of carbonyl (C=O) groups excluding carboxylic acids is 1. The first-order chi connectivity index (χ1) is 9.79. The number of rotatable bonds is 6. The summed E-state index contributed by atoms with van der Waals surface area (Å²) in [6.07, 6.45) is 14.0. The lowest BCUT2D eigenvalue weighted by atomic mass is 9.80. The Hall–Kier alpha value is -0.0500. The van der Waals surface area contributed by atoms with Crippen LogP contribution in [0.1, 0.15) is 70.6 Å². The number of hydrogen-bond acceptors (Lipinski definition) is 1. The lowest BCUT2D eigenvalue weighted by Gasteiger charge is -2.30. The standard InChI is InChI=1S/C17H30BrNO/c18-12-15-8-4-5-9-16(15)13-19-17(20)11-10-14-6-2-1-3-7-14/h14-16H,1-13H2,(H,19,20). The molecule has 20 heavy (non-hydrogen) atoms. The van der Waals surface area contributed by atoms with Crippen LogP contribution in [-0.2, 0) is 4.79 Å². The van der Waals surface area contributed by atoms with Gasteiger partial charge in [0.1, 0.15) is 0 Å². The SMILES string of the molecule is O=C(CCC1CCCCC1)NCC1CCCCC1CBr. The molecule has 2 atom stereocenters. The van der Waals surface area contributed by atoms with Gasteiger partial charge in [0.25, 0.3) is 0 Å². The van der Waals surface area contributed by atoms with Gasteiger partial charge >= 0.3 is 0 Å². The molecule has 1 N–H and O–H groups in total. The minimum atomic E-state index is 0.287. The van der Waals surface area contributed by atoms with Crippen LogP contribution in [0.15, 0.2) is 0 Å². The van der Waals surface area contributed by atoms with Gasteiger partial charge in [0.05, 0.1) is 0 Å². The van der Waals surface area contributed by atoms with Crippen LogP contribution in [0, 0.1) is 17.8 Å². The minimum absolute atomic E-state index is 0.287. The average molecular weight is 344 g/mol. The van der Waals surface area contributed by atoms with Gasteiger partial charge in [-0.1, -0.05) is 60.9 Å². The normalized spacial score (nSPS) is 28.2. The summed E-state index contributed by atoms with van der Waals surface area (Å²) >= 11 is 3.63. The smallest absolute Gasteiger partial charge is 0.220 e. The molecule has 2 nitrogen and oxygen atoms in total. The maximum absolute atomic E-state index is 12.0. The molecular weight excluding hydrogens is 314 g/mol. The first-order valence-electron chi connectivity index (χ1n) is 8.62. The van der Waals surface area contributed by atoms with E-state index in [9.17, 15) is 4.79 Å². The van der Waals surface area contributed by atoms with Gasteiger partial charge in [-0.2, -0.15) is 0 Å². The van der Waals surface area contributed by atoms with E-state index in [0.29, 0.717) is 5.92 Å². The molecule has 2 saturated carbocycles. The molecule has 0 saturated heterocycles. The molecule has 116 valence electrons. The molecule has 0 aromatic rings. The fourth-order valence-corrected chi connectivity index (χ4v) is 4.75. The molecule has 2 unspecified atom stereocenters. The third kappa shape index (κ3) is 5.38. The topological polar surface area (TPSA) is 29.1 Å². The second kappa shape index (κ2) is 9.07. The summed E-state index contributed by atoms with van der Waals surface area (Å²) in [5.41, 5.74) is 0. The van der Waals surface area contributed by atoms with E-state index in [1.807, 2.05) is 0 Å². The highest BCUT2D eigenvalue weighted by molar-refractivity contribution is 9.09. The third-order valence-electron chi connectivity index (χ3n) is 5.33. The number of carbonyl (C=O) groups is 1. The van der Waals surface area contributed by atoms with E-state index in [-0.39, 0.29) is 5.91 Å². The van der Waals surface area contributed by atoms with Gasteiger partial charge in [0, 0.05) is 18.3 Å². The Morgan fingerprint density at radius 1 is 0.950 bits per heavy atom. The van der Waals surface area contributed by atoms with Gasteiger partial charge in [0.2, 0.25) is 5.91 Å². The van der Waals surface area contributed by atoms with Crippen molar-refractivity contribution < 1.29 is 4.79 Å². The van der Waals surface area contributed by atoms with Gasteiger partial charge in [0.15, 0.2) is 0 Å². The quantitative estimate of drug-likeness (QED) is 0.698. The van der Waals surface area contributed by atoms with E-state index in [4.69, 9.17) is 0 Å². The van der Waals surface area contributed by atoms with Gasteiger partial charge in [-0.3, -0.25) is 4.79 Å². The highest BCUT2D eigenvalue weighted by Crippen LogP contribution is 2.31. The molecule has 0 bridgehead atoms. The summed E-state index contributed by atoms with van der Waals surface area (Å²) in [5, 5.41) is 4.29. The van der Waals surface area contributed by atoms with Gasteiger partial charge < -0.3 is 5.32 Å². The predicted molar refractivity (Wildman–Crippen MR) is 88.1 cm³/mol. The summed E-state index contributed by atoms with van der Waals surface area (Å²) in [6, 6.07) is 0. The van der Waals surface area contributed by atoms with Crippen LogP contribution in [0.4, 0.5) is 0 Å². The lowest BCUT2D eigenvalue weighted by Crippen LogP contribution is -2.34. The maximum atomic E-state index is 12.0. The highest BCUT2D eigenvalue weighted by atomic mass is 79.9. The van der Waals surface area contributed by atoms with Gasteiger partial charge in [-0.05, 0) is 37.0 Å². The Balaban J connectivity index is 1.61. The van der Waals surface area contributed by atoms with Gasteiger partial charge in [-0.15, -0.1) is 0 Å². The van der Waals surface area contributed by atoms with Crippen molar-refractivity contribution in [2.75, 3.05) is 11.9 Å². The van der Waals surface area contributed by atoms with Crippen molar-refractivity contribution >= 4 is 21.8 Å². The lowest BCUT2D eigenvalue weighted by molar-refractivity contribution is -0.121. The van der Waals surface area contributed by atoms with E-state index in [2.05, 4.69) is 21.2 Å². The molecule has 2 fully saturated rings. The van der Waals surface area contributed by atoms with Crippen LogP contribution in [0.2, 0.25) is 0 Å². The third-order valence-corrected chi connectivity index (χ3v) is 6.16. The number of hydrogen-bond donors (Lipinski definition) is 1. The number of alkyl halides is 1. The molecule has 0 heterocycles. The zero-order valence-corrected chi connectivity index (χ0v) is 14.3. The molecular formula is C17H30BrNO. The number of amides is 1. The minimum Gasteiger partial charge on any atom is -0.356 e. The fraction of sp³-hybridized carbons (Fsp3) is 0.941. The summed E-state index contributed by atoms with van der Waals surface area (Å²) < 4.78 is 0. The number of nitrogens with one attached hydrogen (secondary N) is 1. The number of halogens is 1. The summed E-state index contributed by atoms with van der Waals surface area (Å²) in [7, 11) is 0. The van der Waals surface area contributed by atoms with Crippen LogP contribution in [0.25, 0.3) is 0 Å². The molecule has 0 radical (unpaired) electrons. The molecule has 3 heteroatoms. The van der Waals surface area contributed by atoms with Crippen molar-refractivity contribution in [3.05, 3.63) is 0 Å². The summed E-state index contributed by atoms with van der Waals surface area (Å²) in [6.45, 7) is 0.903. The van der Waals surface area contributed by atoms with E-state index >= 15 is 0 Å². The molecule has 1 amide bonds. The molecule has 0 aromatic carbocycles. The predicted octanol–water partition coefficient (Wildman–Crippen LogP) is 4.66. The summed E-state index contributed by atoms with van der Waals surface area (Å²) in [5.74, 6) is 2.57. The Bertz CT molecular complexity index is 289. The van der Waals surface area contributed by atoms with Crippen LogP contribution >= 0.6 is 15.9 Å². The van der Waals surface area contributed by atoms with Crippen molar-refractivity contribution in [1.29, 1.82) is 0 Å². The van der Waals surface area contributed by atoms with Gasteiger partial charge in [-0.25, -0.2) is 0 Å². The largest absolute Gasteiger partial charge is 0.356 e. The van der Waals surface area contributed by atoms with Crippen LogP contribution in [0.5, 0.6) is 0 Å². The average Bonchev–Trinajstić information content (AvgIpc) is 2.52.